The van der Waals surface area contributed by atoms with E-state index >= 15 is 0 Å². The monoisotopic (exact) mass is 408 g/mol. The molecule has 0 saturated heterocycles. The van der Waals surface area contributed by atoms with Crippen LogP contribution in [0.3, 0.4) is 0 Å². The molecule has 0 aliphatic rings. The van der Waals surface area contributed by atoms with E-state index in [0.717, 1.165) is 0 Å². The number of nitrogens with zero attached hydrogens (tertiary/aromatic N) is 2. The third-order valence-electron chi connectivity index (χ3n) is 3.63. The number of ether oxygens (including phenoxy) is 1. The van der Waals surface area contributed by atoms with Gasteiger partial charge in [0.25, 0.3) is 5.91 Å². The van der Waals surface area contributed by atoms with E-state index in [1.165, 1.54) is 24.3 Å². The van der Waals surface area contributed by atoms with Crippen LogP contribution >= 0.6 is 0 Å². The summed E-state index contributed by atoms with van der Waals surface area (Å²) in [7, 11) is -3.79. The maximum absolute atomic E-state index is 12.5. The Hall–Kier alpha value is -3.74. The highest BCUT2D eigenvalue weighted by atomic mass is 32.2. The summed E-state index contributed by atoms with van der Waals surface area (Å²) >= 11 is 0. The van der Waals surface area contributed by atoms with E-state index in [9.17, 15) is 13.2 Å². The first kappa shape index (κ1) is 20.0. The molecule has 2 N–H and O–H groups in total. The standard InChI is InChI=1S/C20H16N4O4S/c1-2-11-23-29(26,27)18-6-3-5-15(14-18)19(25)24-16-7-9-17(10-8-16)28-20-21-12-4-13-22-20/h1,3-10,12-14,23H,11H2,(H,24,25). The highest BCUT2D eigenvalue weighted by Crippen LogP contribution is 2.20. The number of benzene rings is 2. The molecule has 8 nitrogen and oxygen atoms in total. The van der Waals surface area contributed by atoms with Crippen molar-refractivity contribution in [1.82, 2.24) is 14.7 Å². The van der Waals surface area contributed by atoms with Crippen molar-refractivity contribution in [3.8, 4) is 24.1 Å². The summed E-state index contributed by atoms with van der Waals surface area (Å²) in [6.07, 6.45) is 8.20. The van der Waals surface area contributed by atoms with Crippen molar-refractivity contribution < 1.29 is 17.9 Å². The molecular weight excluding hydrogens is 392 g/mol. The summed E-state index contributed by atoms with van der Waals surface area (Å²) in [4.78, 5) is 20.4. The van der Waals surface area contributed by atoms with Crippen molar-refractivity contribution in [3.63, 3.8) is 0 Å². The fourth-order valence-electron chi connectivity index (χ4n) is 2.28. The number of rotatable bonds is 7. The molecule has 0 unspecified atom stereocenters. The van der Waals surface area contributed by atoms with Crippen molar-refractivity contribution in [2.75, 3.05) is 11.9 Å². The number of sulfonamides is 1. The second-order valence-corrected chi connectivity index (χ2v) is 7.44. The third kappa shape index (κ3) is 5.38. The van der Waals surface area contributed by atoms with Gasteiger partial charge in [-0.1, -0.05) is 12.0 Å². The maximum atomic E-state index is 12.5. The minimum absolute atomic E-state index is 0.0491. The molecule has 9 heteroatoms. The van der Waals surface area contributed by atoms with Crippen molar-refractivity contribution in [2.45, 2.75) is 4.90 Å². The van der Waals surface area contributed by atoms with Gasteiger partial charge in [0, 0.05) is 23.6 Å². The lowest BCUT2D eigenvalue weighted by Gasteiger charge is -2.09. The van der Waals surface area contributed by atoms with Crippen LogP contribution in [0.5, 0.6) is 11.8 Å². The van der Waals surface area contributed by atoms with Crippen LogP contribution in [0, 0.1) is 12.3 Å². The first-order chi connectivity index (χ1) is 14.0. The molecule has 146 valence electrons. The number of aromatic nitrogens is 2. The Labute approximate surface area is 168 Å². The zero-order chi connectivity index (χ0) is 20.7. The van der Waals surface area contributed by atoms with Gasteiger partial charge < -0.3 is 10.1 Å². The van der Waals surface area contributed by atoms with Gasteiger partial charge in [-0.2, -0.15) is 4.72 Å². The summed E-state index contributed by atoms with van der Waals surface area (Å²) in [6, 6.07) is 14.1. The van der Waals surface area contributed by atoms with E-state index in [1.54, 1.807) is 42.7 Å². The Morgan fingerprint density at radius 2 is 1.79 bits per heavy atom. The van der Waals surface area contributed by atoms with Crippen molar-refractivity contribution in [2.24, 2.45) is 0 Å². The molecule has 0 aliphatic carbocycles. The van der Waals surface area contributed by atoms with Crippen molar-refractivity contribution in [1.29, 1.82) is 0 Å². The molecule has 29 heavy (non-hydrogen) atoms. The van der Waals surface area contributed by atoms with E-state index in [4.69, 9.17) is 11.2 Å². The van der Waals surface area contributed by atoms with E-state index in [1.807, 2.05) is 0 Å². The second-order valence-electron chi connectivity index (χ2n) is 5.67. The van der Waals surface area contributed by atoms with Gasteiger partial charge in [-0.05, 0) is 48.5 Å². The molecule has 2 aromatic carbocycles. The Kier molecular flexibility index (Phi) is 6.19. The van der Waals surface area contributed by atoms with E-state index in [-0.39, 0.29) is 23.0 Å². The number of carbonyl (C=O) groups excluding carboxylic acids is 1. The second kappa shape index (κ2) is 8.97. The Morgan fingerprint density at radius 1 is 1.07 bits per heavy atom. The maximum Gasteiger partial charge on any atom is 0.321 e. The lowest BCUT2D eigenvalue weighted by molar-refractivity contribution is 0.102. The SMILES string of the molecule is C#CCNS(=O)(=O)c1cccc(C(=O)Nc2ccc(Oc3ncccn3)cc2)c1. The smallest absolute Gasteiger partial charge is 0.321 e. The Bertz CT molecular complexity index is 1140. The molecule has 0 bridgehead atoms. The lowest BCUT2D eigenvalue weighted by atomic mass is 10.2. The summed E-state index contributed by atoms with van der Waals surface area (Å²) in [5.41, 5.74) is 0.696. The molecule has 0 spiro atoms. The number of hydrogen-bond donors (Lipinski definition) is 2. The first-order valence-electron chi connectivity index (χ1n) is 8.37. The zero-order valence-electron chi connectivity index (χ0n) is 15.1. The van der Waals surface area contributed by atoms with Crippen LogP contribution in [0.15, 0.2) is 71.9 Å². The number of nitrogens with one attached hydrogen (secondary N) is 2. The van der Waals surface area contributed by atoms with E-state index in [0.29, 0.717) is 11.4 Å². The van der Waals surface area contributed by atoms with E-state index in [2.05, 4.69) is 25.9 Å². The number of carbonyl (C=O) groups is 1. The van der Waals surface area contributed by atoms with Gasteiger partial charge >= 0.3 is 6.01 Å². The summed E-state index contributed by atoms with van der Waals surface area (Å²) in [6.45, 7) is -0.138. The van der Waals surface area contributed by atoms with Crippen LogP contribution < -0.4 is 14.8 Å². The van der Waals surface area contributed by atoms with Crippen LogP contribution in [0.2, 0.25) is 0 Å². The molecule has 1 amide bonds. The number of amides is 1. The van der Waals surface area contributed by atoms with Crippen molar-refractivity contribution in [3.05, 3.63) is 72.6 Å². The molecular formula is C20H16N4O4S. The normalized spacial score (nSPS) is 10.7. The fourth-order valence-corrected chi connectivity index (χ4v) is 3.26. The van der Waals surface area contributed by atoms with Crippen LogP contribution in [-0.2, 0) is 10.0 Å². The van der Waals surface area contributed by atoms with Crippen LogP contribution in [-0.4, -0.2) is 30.8 Å². The molecule has 3 aromatic rings. The highest BCUT2D eigenvalue weighted by Gasteiger charge is 2.15. The molecule has 0 fully saturated rings. The van der Waals surface area contributed by atoms with E-state index < -0.39 is 15.9 Å². The van der Waals surface area contributed by atoms with Crippen molar-refractivity contribution >= 4 is 21.6 Å². The quantitative estimate of drug-likeness (QED) is 0.581. The molecule has 1 aromatic heterocycles. The Balaban J connectivity index is 1.69. The number of anilines is 1. The highest BCUT2D eigenvalue weighted by molar-refractivity contribution is 7.89. The van der Waals surface area contributed by atoms with Gasteiger partial charge in [0.2, 0.25) is 10.0 Å². The molecule has 0 radical (unpaired) electrons. The molecule has 1 heterocycles. The first-order valence-corrected chi connectivity index (χ1v) is 9.86. The van der Waals surface area contributed by atoms with Crippen LogP contribution in [0.25, 0.3) is 0 Å². The molecule has 0 atom stereocenters. The molecule has 0 aliphatic heterocycles. The minimum Gasteiger partial charge on any atom is -0.424 e. The van der Waals surface area contributed by atoms with Gasteiger partial charge in [0.1, 0.15) is 5.75 Å². The number of terminal acetylenes is 1. The largest absolute Gasteiger partial charge is 0.424 e. The van der Waals surface area contributed by atoms with Gasteiger partial charge in [-0.3, -0.25) is 4.79 Å². The zero-order valence-corrected chi connectivity index (χ0v) is 15.9. The van der Waals surface area contributed by atoms with Gasteiger partial charge in [-0.25, -0.2) is 18.4 Å². The predicted molar refractivity (Wildman–Crippen MR) is 107 cm³/mol. The van der Waals surface area contributed by atoms with Crippen LogP contribution in [0.1, 0.15) is 10.4 Å². The summed E-state index contributed by atoms with van der Waals surface area (Å²) < 4.78 is 32.0. The molecule has 0 saturated carbocycles. The summed E-state index contributed by atoms with van der Waals surface area (Å²) in [5, 5.41) is 2.70. The van der Waals surface area contributed by atoms with Gasteiger partial charge in [-0.15, -0.1) is 6.42 Å². The van der Waals surface area contributed by atoms with Gasteiger partial charge in [0.05, 0.1) is 11.4 Å². The fraction of sp³-hybridized carbons (Fsp3) is 0.0500. The average Bonchev–Trinajstić information content (AvgIpc) is 2.74. The lowest BCUT2D eigenvalue weighted by Crippen LogP contribution is -2.24. The van der Waals surface area contributed by atoms with Gasteiger partial charge in [0.15, 0.2) is 0 Å². The number of hydrogen-bond acceptors (Lipinski definition) is 6. The third-order valence-corrected chi connectivity index (χ3v) is 5.03. The topological polar surface area (TPSA) is 110 Å². The summed E-state index contributed by atoms with van der Waals surface area (Å²) in [5.74, 6) is 2.24. The average molecular weight is 408 g/mol. The van der Waals surface area contributed by atoms with Crippen LogP contribution in [0.4, 0.5) is 5.69 Å². The minimum atomic E-state index is -3.79. The predicted octanol–water partition coefficient (Wildman–Crippen LogP) is 2.43. The molecule has 3 rings (SSSR count). The Morgan fingerprint density at radius 3 is 2.48 bits per heavy atom.